The normalized spacial score (nSPS) is 16.4. The SMILES string of the molecule is O=C(NC1CCOc2ccc(Br)cc21)c1cccnc1SC(F)F. The smallest absolute Gasteiger partial charge is 0.290 e. The fourth-order valence-electron chi connectivity index (χ4n) is 2.49. The maximum absolute atomic E-state index is 12.6. The first-order valence-electron chi connectivity index (χ1n) is 7.17. The second-order valence-corrected chi connectivity index (χ2v) is 6.97. The van der Waals surface area contributed by atoms with Gasteiger partial charge < -0.3 is 10.1 Å². The topological polar surface area (TPSA) is 51.2 Å². The standard InChI is InChI=1S/C16H13BrF2N2O2S/c17-9-3-4-13-11(8-9)12(5-7-23-13)21-14(22)10-2-1-6-20-15(10)24-16(18)19/h1-4,6,8,12,16H,5,7H2,(H,21,22). The Morgan fingerprint density at radius 3 is 3.04 bits per heavy atom. The summed E-state index contributed by atoms with van der Waals surface area (Å²) in [5.74, 6) is -2.35. The first-order valence-corrected chi connectivity index (χ1v) is 8.85. The molecule has 0 saturated heterocycles. The van der Waals surface area contributed by atoms with Crippen LogP contribution in [0.25, 0.3) is 0 Å². The van der Waals surface area contributed by atoms with Crippen LogP contribution < -0.4 is 10.1 Å². The highest BCUT2D eigenvalue weighted by Crippen LogP contribution is 2.34. The zero-order chi connectivity index (χ0) is 17.1. The van der Waals surface area contributed by atoms with Crippen LogP contribution in [0, 0.1) is 0 Å². The summed E-state index contributed by atoms with van der Waals surface area (Å²) in [6, 6.07) is 8.38. The molecule has 126 valence electrons. The molecule has 1 aromatic heterocycles. The van der Waals surface area contributed by atoms with E-state index in [1.165, 1.54) is 12.3 Å². The number of alkyl halides is 2. The molecule has 3 rings (SSSR count). The van der Waals surface area contributed by atoms with E-state index in [1.54, 1.807) is 6.07 Å². The predicted molar refractivity (Wildman–Crippen MR) is 90.6 cm³/mol. The monoisotopic (exact) mass is 414 g/mol. The highest BCUT2D eigenvalue weighted by molar-refractivity contribution is 9.10. The number of hydrogen-bond donors (Lipinski definition) is 1. The molecule has 0 aliphatic carbocycles. The predicted octanol–water partition coefficient (Wildman–Crippen LogP) is 4.41. The lowest BCUT2D eigenvalue weighted by molar-refractivity contribution is 0.0921. The molecule has 24 heavy (non-hydrogen) atoms. The number of thioether (sulfide) groups is 1. The molecule has 1 aromatic carbocycles. The van der Waals surface area contributed by atoms with Gasteiger partial charge in [-0.25, -0.2) is 4.98 Å². The van der Waals surface area contributed by atoms with Crippen molar-refractivity contribution in [3.8, 4) is 5.75 Å². The molecule has 4 nitrogen and oxygen atoms in total. The van der Waals surface area contributed by atoms with Gasteiger partial charge in [-0.15, -0.1) is 0 Å². The van der Waals surface area contributed by atoms with Gasteiger partial charge >= 0.3 is 0 Å². The maximum atomic E-state index is 12.6. The van der Waals surface area contributed by atoms with Crippen LogP contribution in [0.15, 0.2) is 46.0 Å². The Balaban J connectivity index is 1.83. The molecular weight excluding hydrogens is 402 g/mol. The lowest BCUT2D eigenvalue weighted by atomic mass is 10.0. The molecule has 1 aliphatic heterocycles. The zero-order valence-electron chi connectivity index (χ0n) is 12.3. The largest absolute Gasteiger partial charge is 0.493 e. The Hall–Kier alpha value is -1.67. The first kappa shape index (κ1) is 17.2. The van der Waals surface area contributed by atoms with Crippen LogP contribution in [0.5, 0.6) is 5.75 Å². The van der Waals surface area contributed by atoms with E-state index in [2.05, 4.69) is 26.2 Å². The van der Waals surface area contributed by atoms with E-state index in [1.807, 2.05) is 18.2 Å². The Bertz CT molecular complexity index is 761. The van der Waals surface area contributed by atoms with Gasteiger partial charge in [0.1, 0.15) is 10.8 Å². The quantitative estimate of drug-likeness (QED) is 0.752. The molecule has 0 spiro atoms. The van der Waals surface area contributed by atoms with E-state index in [-0.39, 0.29) is 28.4 Å². The number of hydrogen-bond acceptors (Lipinski definition) is 4. The number of ether oxygens (including phenoxy) is 1. The average molecular weight is 415 g/mol. The van der Waals surface area contributed by atoms with E-state index in [0.29, 0.717) is 18.8 Å². The minimum atomic E-state index is -2.63. The van der Waals surface area contributed by atoms with Crippen molar-refractivity contribution in [3.05, 3.63) is 52.1 Å². The van der Waals surface area contributed by atoms with E-state index in [9.17, 15) is 13.6 Å². The second kappa shape index (κ2) is 7.48. The van der Waals surface area contributed by atoms with Crippen LogP contribution in [-0.4, -0.2) is 23.3 Å². The molecule has 1 unspecified atom stereocenters. The van der Waals surface area contributed by atoms with Gasteiger partial charge in [0.15, 0.2) is 0 Å². The number of fused-ring (bicyclic) bond motifs is 1. The molecule has 1 N–H and O–H groups in total. The summed E-state index contributed by atoms with van der Waals surface area (Å²) < 4.78 is 31.7. The number of benzene rings is 1. The number of amides is 1. The molecule has 1 atom stereocenters. The molecule has 0 saturated carbocycles. The molecule has 8 heteroatoms. The van der Waals surface area contributed by atoms with Crippen molar-refractivity contribution < 1.29 is 18.3 Å². The number of carbonyl (C=O) groups is 1. The Labute approximate surface area is 150 Å². The van der Waals surface area contributed by atoms with Crippen molar-refractivity contribution in [2.45, 2.75) is 23.2 Å². The van der Waals surface area contributed by atoms with Crippen LogP contribution in [0.2, 0.25) is 0 Å². The summed E-state index contributed by atoms with van der Waals surface area (Å²) in [6.07, 6.45) is 2.00. The number of nitrogens with one attached hydrogen (secondary N) is 1. The number of nitrogens with zero attached hydrogens (tertiary/aromatic N) is 1. The summed E-state index contributed by atoms with van der Waals surface area (Å²) in [5.41, 5.74) is 1.00. The van der Waals surface area contributed by atoms with Gasteiger partial charge in [0.2, 0.25) is 0 Å². The lowest BCUT2D eigenvalue weighted by Gasteiger charge is -2.27. The van der Waals surface area contributed by atoms with Crippen molar-refractivity contribution in [1.82, 2.24) is 10.3 Å². The number of aromatic nitrogens is 1. The van der Waals surface area contributed by atoms with Crippen LogP contribution in [0.4, 0.5) is 8.78 Å². The molecule has 0 radical (unpaired) electrons. The van der Waals surface area contributed by atoms with Crippen LogP contribution in [0.1, 0.15) is 28.4 Å². The fraction of sp³-hybridized carbons (Fsp3) is 0.250. The third kappa shape index (κ3) is 3.87. The third-order valence-corrected chi connectivity index (χ3v) is 4.75. The summed E-state index contributed by atoms with van der Waals surface area (Å²) in [6.45, 7) is 0.477. The van der Waals surface area contributed by atoms with Crippen molar-refractivity contribution in [1.29, 1.82) is 0 Å². The van der Waals surface area contributed by atoms with E-state index in [0.717, 1.165) is 10.0 Å². The van der Waals surface area contributed by atoms with E-state index in [4.69, 9.17) is 4.74 Å². The van der Waals surface area contributed by atoms with Gasteiger partial charge in [0.25, 0.3) is 11.7 Å². The van der Waals surface area contributed by atoms with E-state index < -0.39 is 11.7 Å². The lowest BCUT2D eigenvalue weighted by Crippen LogP contribution is -2.32. The van der Waals surface area contributed by atoms with Gasteiger partial charge in [-0.3, -0.25) is 4.79 Å². The van der Waals surface area contributed by atoms with Gasteiger partial charge in [0, 0.05) is 22.7 Å². The maximum Gasteiger partial charge on any atom is 0.290 e. The number of rotatable bonds is 4. The molecule has 2 heterocycles. The van der Waals surface area contributed by atoms with Crippen molar-refractivity contribution >= 4 is 33.6 Å². The summed E-state index contributed by atoms with van der Waals surface area (Å²) >= 11 is 3.67. The molecule has 1 amide bonds. The number of halogens is 3. The van der Waals surface area contributed by atoms with Crippen molar-refractivity contribution in [2.75, 3.05) is 6.61 Å². The molecule has 2 aromatic rings. The van der Waals surface area contributed by atoms with Gasteiger partial charge in [-0.1, -0.05) is 15.9 Å². The Morgan fingerprint density at radius 2 is 2.25 bits per heavy atom. The van der Waals surface area contributed by atoms with Gasteiger partial charge in [-0.05, 0) is 42.1 Å². The highest BCUT2D eigenvalue weighted by atomic mass is 79.9. The van der Waals surface area contributed by atoms with Crippen LogP contribution >= 0.6 is 27.7 Å². The zero-order valence-corrected chi connectivity index (χ0v) is 14.7. The summed E-state index contributed by atoms with van der Waals surface area (Å²) in [4.78, 5) is 16.4. The van der Waals surface area contributed by atoms with Gasteiger partial charge in [-0.2, -0.15) is 8.78 Å². The van der Waals surface area contributed by atoms with Crippen LogP contribution in [0.3, 0.4) is 0 Å². The van der Waals surface area contributed by atoms with Crippen molar-refractivity contribution in [3.63, 3.8) is 0 Å². The summed E-state index contributed by atoms with van der Waals surface area (Å²) in [7, 11) is 0. The number of pyridine rings is 1. The number of carbonyl (C=O) groups excluding carboxylic acids is 1. The van der Waals surface area contributed by atoms with E-state index >= 15 is 0 Å². The fourth-order valence-corrected chi connectivity index (χ4v) is 3.45. The molecule has 0 bridgehead atoms. The minimum absolute atomic E-state index is 0.0199. The third-order valence-electron chi connectivity index (χ3n) is 3.53. The second-order valence-electron chi connectivity index (χ2n) is 5.08. The van der Waals surface area contributed by atoms with Crippen LogP contribution in [-0.2, 0) is 0 Å². The Kier molecular flexibility index (Phi) is 5.35. The van der Waals surface area contributed by atoms with Crippen molar-refractivity contribution in [2.24, 2.45) is 0 Å². The van der Waals surface area contributed by atoms with Gasteiger partial charge in [0.05, 0.1) is 18.2 Å². The molecule has 0 fully saturated rings. The molecular formula is C16H13BrF2N2O2S. The summed E-state index contributed by atoms with van der Waals surface area (Å²) in [5, 5.41) is 2.91. The highest BCUT2D eigenvalue weighted by Gasteiger charge is 2.25. The first-order chi connectivity index (χ1) is 11.5. The Morgan fingerprint density at radius 1 is 1.42 bits per heavy atom. The molecule has 1 aliphatic rings. The average Bonchev–Trinajstić information content (AvgIpc) is 2.55. The minimum Gasteiger partial charge on any atom is -0.493 e.